The first-order valence-corrected chi connectivity index (χ1v) is 11.0. The largest absolute Gasteiger partial charge is 0.490 e. The Labute approximate surface area is 171 Å². The van der Waals surface area contributed by atoms with Crippen molar-refractivity contribution < 1.29 is 32.2 Å². The number of hydrogen-bond acceptors (Lipinski definition) is 7. The van der Waals surface area contributed by atoms with Crippen molar-refractivity contribution in [2.45, 2.75) is 50.0 Å². The highest BCUT2D eigenvalue weighted by Gasteiger charge is 2.35. The van der Waals surface area contributed by atoms with Crippen LogP contribution in [0.5, 0.6) is 11.5 Å². The van der Waals surface area contributed by atoms with Crippen LogP contribution in [0.2, 0.25) is 0 Å². The zero-order valence-electron chi connectivity index (χ0n) is 16.9. The fourth-order valence-corrected chi connectivity index (χ4v) is 4.05. The van der Waals surface area contributed by atoms with E-state index in [4.69, 9.17) is 14.2 Å². The Kier molecular flexibility index (Phi) is 7.86. The van der Waals surface area contributed by atoms with Crippen LogP contribution >= 0.6 is 0 Å². The number of carbonyl (C=O) groups is 2. The van der Waals surface area contributed by atoms with Gasteiger partial charge in [0.2, 0.25) is 15.9 Å². The molecule has 1 atom stereocenters. The van der Waals surface area contributed by atoms with E-state index in [1.807, 2.05) is 6.92 Å². The Hall–Kier alpha value is -2.33. The van der Waals surface area contributed by atoms with Crippen molar-refractivity contribution in [3.05, 3.63) is 18.2 Å². The highest BCUT2D eigenvalue weighted by molar-refractivity contribution is 7.89. The van der Waals surface area contributed by atoms with Gasteiger partial charge in [-0.1, -0.05) is 13.3 Å². The SMILES string of the molecule is CCCC(C)(NC(=O)CCNS(=O)(=O)c1ccc2c(c1)OCCCO2)C(=O)OC. The molecule has 1 amide bonds. The molecule has 162 valence electrons. The summed E-state index contributed by atoms with van der Waals surface area (Å²) < 4.78 is 43.2. The van der Waals surface area contributed by atoms with E-state index in [9.17, 15) is 18.0 Å². The molecule has 0 fully saturated rings. The molecule has 1 aliphatic rings. The van der Waals surface area contributed by atoms with Crippen molar-refractivity contribution in [2.75, 3.05) is 26.9 Å². The Morgan fingerprint density at radius 2 is 1.90 bits per heavy atom. The topological polar surface area (TPSA) is 120 Å². The highest BCUT2D eigenvalue weighted by atomic mass is 32.2. The van der Waals surface area contributed by atoms with E-state index in [0.717, 1.165) is 0 Å². The molecule has 0 aromatic heterocycles. The molecule has 1 aromatic carbocycles. The average molecular weight is 429 g/mol. The lowest BCUT2D eigenvalue weighted by Crippen LogP contribution is -2.53. The van der Waals surface area contributed by atoms with E-state index in [-0.39, 0.29) is 17.9 Å². The molecule has 0 spiro atoms. The number of methoxy groups -OCH3 is 1. The van der Waals surface area contributed by atoms with E-state index >= 15 is 0 Å². The molecular formula is C19H28N2O7S. The maximum atomic E-state index is 12.5. The maximum Gasteiger partial charge on any atom is 0.331 e. The standard InChI is InChI=1S/C19H28N2O7S/c1-4-9-19(2,18(23)26-3)21-17(22)8-10-20-29(24,25)14-6-7-15-16(13-14)28-12-5-11-27-15/h6-7,13,20H,4-5,8-12H2,1-3H3,(H,21,22). The van der Waals surface area contributed by atoms with Crippen molar-refractivity contribution >= 4 is 21.9 Å². The number of amides is 1. The maximum absolute atomic E-state index is 12.5. The molecule has 0 aliphatic carbocycles. The molecule has 10 heteroatoms. The first kappa shape index (κ1) is 23.0. The number of benzene rings is 1. The van der Waals surface area contributed by atoms with Gasteiger partial charge >= 0.3 is 5.97 Å². The van der Waals surface area contributed by atoms with Gasteiger partial charge in [-0.25, -0.2) is 17.9 Å². The molecule has 1 unspecified atom stereocenters. The molecule has 1 aromatic rings. The first-order chi connectivity index (χ1) is 13.7. The number of sulfonamides is 1. The summed E-state index contributed by atoms with van der Waals surface area (Å²) in [6.07, 6.45) is 1.67. The number of nitrogens with one attached hydrogen (secondary N) is 2. The molecule has 0 saturated carbocycles. The molecular weight excluding hydrogens is 400 g/mol. The highest BCUT2D eigenvalue weighted by Crippen LogP contribution is 2.31. The second kappa shape index (κ2) is 9.93. The zero-order valence-corrected chi connectivity index (χ0v) is 17.8. The van der Waals surface area contributed by atoms with Gasteiger partial charge in [0.15, 0.2) is 11.5 Å². The van der Waals surface area contributed by atoms with Gasteiger partial charge in [0.05, 0.1) is 25.2 Å². The normalized spacial score (nSPS) is 15.7. The molecule has 1 heterocycles. The Morgan fingerprint density at radius 3 is 2.55 bits per heavy atom. The molecule has 0 radical (unpaired) electrons. The van der Waals surface area contributed by atoms with Crippen LogP contribution in [0.3, 0.4) is 0 Å². The number of ether oxygens (including phenoxy) is 3. The molecule has 0 bridgehead atoms. The zero-order chi connectivity index (χ0) is 21.5. The van der Waals surface area contributed by atoms with Crippen LogP contribution in [0.25, 0.3) is 0 Å². The summed E-state index contributed by atoms with van der Waals surface area (Å²) in [5.74, 6) is -0.122. The third-order valence-corrected chi connectivity index (χ3v) is 5.93. The second-order valence-electron chi connectivity index (χ2n) is 6.93. The van der Waals surface area contributed by atoms with E-state index in [2.05, 4.69) is 10.0 Å². The van der Waals surface area contributed by atoms with Crippen molar-refractivity contribution in [1.82, 2.24) is 10.0 Å². The van der Waals surface area contributed by atoms with Crippen molar-refractivity contribution in [3.8, 4) is 11.5 Å². The minimum atomic E-state index is -3.83. The van der Waals surface area contributed by atoms with E-state index in [1.165, 1.54) is 19.2 Å². The summed E-state index contributed by atoms with van der Waals surface area (Å²) >= 11 is 0. The minimum Gasteiger partial charge on any atom is -0.490 e. The van der Waals surface area contributed by atoms with Crippen molar-refractivity contribution in [2.24, 2.45) is 0 Å². The lowest BCUT2D eigenvalue weighted by atomic mass is 9.96. The Bertz CT molecular complexity index is 841. The van der Waals surface area contributed by atoms with Crippen LogP contribution < -0.4 is 19.5 Å². The van der Waals surface area contributed by atoms with E-state index in [1.54, 1.807) is 13.0 Å². The smallest absolute Gasteiger partial charge is 0.331 e. The lowest BCUT2D eigenvalue weighted by molar-refractivity contribution is -0.150. The minimum absolute atomic E-state index is 0.0209. The quantitative estimate of drug-likeness (QED) is 0.570. The van der Waals surface area contributed by atoms with Crippen LogP contribution in [0.1, 0.15) is 39.5 Å². The van der Waals surface area contributed by atoms with Crippen LogP contribution in [0.4, 0.5) is 0 Å². The summed E-state index contributed by atoms with van der Waals surface area (Å²) in [4.78, 5) is 24.2. The fourth-order valence-electron chi connectivity index (χ4n) is 3.00. The number of fused-ring (bicyclic) bond motifs is 1. The van der Waals surface area contributed by atoms with Crippen LogP contribution in [-0.2, 0) is 24.3 Å². The molecule has 2 N–H and O–H groups in total. The van der Waals surface area contributed by atoms with Gasteiger partial charge in [0.25, 0.3) is 0 Å². The molecule has 1 aliphatic heterocycles. The summed E-state index contributed by atoms with van der Waals surface area (Å²) in [5, 5.41) is 2.63. The van der Waals surface area contributed by atoms with Gasteiger partial charge < -0.3 is 19.5 Å². The van der Waals surface area contributed by atoms with Crippen molar-refractivity contribution in [3.63, 3.8) is 0 Å². The third-order valence-electron chi connectivity index (χ3n) is 4.47. The van der Waals surface area contributed by atoms with Gasteiger partial charge in [0, 0.05) is 25.5 Å². The second-order valence-corrected chi connectivity index (χ2v) is 8.70. The number of carbonyl (C=O) groups excluding carboxylic acids is 2. The van der Waals surface area contributed by atoms with Crippen LogP contribution in [0.15, 0.2) is 23.1 Å². The number of rotatable bonds is 9. The summed E-state index contributed by atoms with van der Waals surface area (Å²) in [5.41, 5.74) is -1.15. The van der Waals surface area contributed by atoms with Crippen LogP contribution in [0, 0.1) is 0 Å². The predicted molar refractivity (Wildman–Crippen MR) is 105 cm³/mol. The van der Waals surface area contributed by atoms with Gasteiger partial charge in [-0.15, -0.1) is 0 Å². The molecule has 9 nitrogen and oxygen atoms in total. The third kappa shape index (κ3) is 6.07. The van der Waals surface area contributed by atoms with E-state index < -0.39 is 27.4 Å². The predicted octanol–water partition coefficient (Wildman–Crippen LogP) is 1.36. The van der Waals surface area contributed by atoms with Gasteiger partial charge in [-0.3, -0.25) is 4.79 Å². The van der Waals surface area contributed by atoms with Gasteiger partial charge in [0.1, 0.15) is 5.54 Å². The van der Waals surface area contributed by atoms with Crippen LogP contribution in [-0.4, -0.2) is 52.7 Å². The Balaban J connectivity index is 1.96. The lowest BCUT2D eigenvalue weighted by Gasteiger charge is -2.27. The van der Waals surface area contributed by atoms with E-state index in [0.29, 0.717) is 44.0 Å². The fraction of sp³-hybridized carbons (Fsp3) is 0.579. The number of esters is 1. The average Bonchev–Trinajstić information content (AvgIpc) is 2.92. The molecule has 29 heavy (non-hydrogen) atoms. The summed E-state index contributed by atoms with van der Waals surface area (Å²) in [7, 11) is -2.58. The monoisotopic (exact) mass is 428 g/mol. The number of hydrogen-bond donors (Lipinski definition) is 2. The molecule has 0 saturated heterocycles. The first-order valence-electron chi connectivity index (χ1n) is 9.50. The Morgan fingerprint density at radius 1 is 1.21 bits per heavy atom. The molecule has 2 rings (SSSR count). The van der Waals surface area contributed by atoms with Gasteiger partial charge in [-0.05, 0) is 25.5 Å². The summed E-state index contributed by atoms with van der Waals surface area (Å²) in [6, 6.07) is 4.37. The van der Waals surface area contributed by atoms with Crippen molar-refractivity contribution in [1.29, 1.82) is 0 Å². The van der Waals surface area contributed by atoms with Gasteiger partial charge in [-0.2, -0.15) is 0 Å². The summed E-state index contributed by atoms with van der Waals surface area (Å²) in [6.45, 7) is 4.31.